The van der Waals surface area contributed by atoms with Gasteiger partial charge in [-0.2, -0.15) is 0 Å². The molecule has 0 bridgehead atoms. The number of sulfone groups is 1. The second-order valence-corrected chi connectivity index (χ2v) is 6.62. The van der Waals surface area contributed by atoms with Gasteiger partial charge < -0.3 is 5.32 Å². The van der Waals surface area contributed by atoms with Crippen LogP contribution in [0.4, 0.5) is 0 Å². The largest absolute Gasteiger partial charge is 0.358 e. The van der Waals surface area contributed by atoms with E-state index in [-0.39, 0.29) is 11.9 Å². The van der Waals surface area contributed by atoms with Crippen molar-refractivity contribution in [2.45, 2.75) is 17.9 Å². The highest BCUT2D eigenvalue weighted by molar-refractivity contribution is 7.90. The number of nitrogens with zero attached hydrogens (tertiary/aromatic N) is 1. The Morgan fingerprint density at radius 1 is 1.32 bits per heavy atom. The molecule has 0 aromatic heterocycles. The number of carbonyl (C=O) groups excluding carboxylic acids is 1. The minimum absolute atomic E-state index is 0.0333. The van der Waals surface area contributed by atoms with Gasteiger partial charge in [0, 0.05) is 19.3 Å². The summed E-state index contributed by atoms with van der Waals surface area (Å²) in [6.45, 7) is 2.27. The van der Waals surface area contributed by atoms with E-state index in [1.165, 1.54) is 6.26 Å². The molecule has 0 aliphatic carbocycles. The topological polar surface area (TPSA) is 66.5 Å². The van der Waals surface area contributed by atoms with Gasteiger partial charge in [-0.3, -0.25) is 9.69 Å². The van der Waals surface area contributed by atoms with Crippen LogP contribution in [0, 0.1) is 0 Å². The monoisotopic (exact) mass is 284 g/mol. The summed E-state index contributed by atoms with van der Waals surface area (Å²) in [5, 5.41) is 2.57. The molecule has 0 fully saturated rings. The molecule has 0 aliphatic heterocycles. The summed E-state index contributed by atoms with van der Waals surface area (Å²) in [7, 11) is 0.284. The van der Waals surface area contributed by atoms with E-state index in [4.69, 9.17) is 0 Å². The average molecular weight is 284 g/mol. The molecule has 1 atom stereocenters. The van der Waals surface area contributed by atoms with Gasteiger partial charge in [0.05, 0.1) is 11.4 Å². The van der Waals surface area contributed by atoms with E-state index in [2.05, 4.69) is 5.32 Å². The Morgan fingerprint density at radius 2 is 1.84 bits per heavy atom. The van der Waals surface area contributed by atoms with Crippen molar-refractivity contribution in [3.8, 4) is 0 Å². The highest BCUT2D eigenvalue weighted by Gasteiger charge is 2.15. The molecule has 1 rings (SSSR count). The van der Waals surface area contributed by atoms with Crippen LogP contribution < -0.4 is 5.32 Å². The smallest absolute Gasteiger partial charge is 0.233 e. The predicted octanol–water partition coefficient (Wildman–Crippen LogP) is 0.829. The number of hydrogen-bond donors (Lipinski definition) is 1. The average Bonchev–Trinajstić information content (AvgIpc) is 2.36. The van der Waals surface area contributed by atoms with Gasteiger partial charge in [-0.1, -0.05) is 12.1 Å². The Hall–Kier alpha value is -1.40. The number of carbonyl (C=O) groups is 1. The van der Waals surface area contributed by atoms with E-state index in [9.17, 15) is 13.2 Å². The van der Waals surface area contributed by atoms with Crippen molar-refractivity contribution in [2.75, 3.05) is 26.9 Å². The molecule has 1 aromatic rings. The first-order chi connectivity index (χ1) is 8.75. The summed E-state index contributed by atoms with van der Waals surface area (Å²) in [4.78, 5) is 13.5. The van der Waals surface area contributed by atoms with E-state index in [0.29, 0.717) is 11.4 Å². The van der Waals surface area contributed by atoms with E-state index in [1.807, 2.05) is 18.9 Å². The zero-order valence-electron chi connectivity index (χ0n) is 11.7. The molecule has 0 aliphatic rings. The van der Waals surface area contributed by atoms with Crippen LogP contribution in [0.15, 0.2) is 29.2 Å². The molecule has 0 spiro atoms. The molecule has 1 unspecified atom stereocenters. The maximum atomic E-state index is 11.4. The second kappa shape index (κ2) is 6.16. The third-order valence-electron chi connectivity index (χ3n) is 3.12. The summed E-state index contributed by atoms with van der Waals surface area (Å²) in [5.74, 6) is -0.0536. The van der Waals surface area contributed by atoms with Gasteiger partial charge in [0.1, 0.15) is 0 Å². The first kappa shape index (κ1) is 15.7. The van der Waals surface area contributed by atoms with Crippen LogP contribution in [-0.2, 0) is 14.6 Å². The van der Waals surface area contributed by atoms with Crippen molar-refractivity contribution in [2.24, 2.45) is 0 Å². The van der Waals surface area contributed by atoms with Crippen LogP contribution in [-0.4, -0.2) is 46.1 Å². The van der Waals surface area contributed by atoms with Gasteiger partial charge >= 0.3 is 0 Å². The Kier molecular flexibility index (Phi) is 5.08. The van der Waals surface area contributed by atoms with Crippen molar-refractivity contribution in [3.05, 3.63) is 29.8 Å². The van der Waals surface area contributed by atoms with Crippen LogP contribution >= 0.6 is 0 Å². The minimum atomic E-state index is -3.17. The zero-order chi connectivity index (χ0) is 14.6. The summed E-state index contributed by atoms with van der Waals surface area (Å²) < 4.78 is 22.7. The molecule has 1 aromatic carbocycles. The predicted molar refractivity (Wildman–Crippen MR) is 74.7 cm³/mol. The lowest BCUT2D eigenvalue weighted by atomic mass is 10.1. The van der Waals surface area contributed by atoms with Crippen molar-refractivity contribution >= 4 is 15.7 Å². The summed E-state index contributed by atoms with van der Waals surface area (Å²) >= 11 is 0. The SMILES string of the molecule is CNC(=O)CN(C)C(C)c1ccc(S(C)(=O)=O)cc1. The quantitative estimate of drug-likeness (QED) is 0.869. The lowest BCUT2D eigenvalue weighted by Gasteiger charge is -2.24. The van der Waals surface area contributed by atoms with Gasteiger partial charge in [-0.05, 0) is 31.7 Å². The Balaban J connectivity index is 2.83. The molecule has 0 saturated heterocycles. The molecule has 0 heterocycles. The van der Waals surface area contributed by atoms with Gasteiger partial charge in [-0.25, -0.2) is 8.42 Å². The van der Waals surface area contributed by atoms with E-state index in [0.717, 1.165) is 5.56 Å². The van der Waals surface area contributed by atoms with Crippen LogP contribution in [0.2, 0.25) is 0 Å². The molecule has 6 heteroatoms. The van der Waals surface area contributed by atoms with Gasteiger partial charge in [-0.15, -0.1) is 0 Å². The molecular weight excluding hydrogens is 264 g/mol. The summed E-state index contributed by atoms with van der Waals surface area (Å²) in [5.41, 5.74) is 0.971. The first-order valence-electron chi connectivity index (χ1n) is 5.96. The molecule has 1 N–H and O–H groups in total. The molecule has 0 saturated carbocycles. The fourth-order valence-electron chi connectivity index (χ4n) is 1.69. The Labute approximate surface area is 114 Å². The maximum Gasteiger partial charge on any atom is 0.233 e. The fourth-order valence-corrected chi connectivity index (χ4v) is 2.32. The van der Waals surface area contributed by atoms with Crippen molar-refractivity contribution in [3.63, 3.8) is 0 Å². The van der Waals surface area contributed by atoms with Crippen LogP contribution in [0.5, 0.6) is 0 Å². The summed E-state index contributed by atoms with van der Waals surface area (Å²) in [6.07, 6.45) is 1.18. The third kappa shape index (κ3) is 4.33. The molecule has 1 amide bonds. The van der Waals surface area contributed by atoms with Gasteiger partial charge in [0.2, 0.25) is 5.91 Å². The summed E-state index contributed by atoms with van der Waals surface area (Å²) in [6, 6.07) is 6.78. The molecule has 19 heavy (non-hydrogen) atoms. The van der Waals surface area contributed by atoms with Crippen LogP contribution in [0.25, 0.3) is 0 Å². The first-order valence-corrected chi connectivity index (χ1v) is 7.85. The van der Waals surface area contributed by atoms with Gasteiger partial charge in [0.15, 0.2) is 9.84 Å². The standard InChI is InChI=1S/C13H20N2O3S/c1-10(15(3)9-13(16)14-2)11-5-7-12(8-6-11)19(4,17)18/h5-8,10H,9H2,1-4H3,(H,14,16). The van der Waals surface area contributed by atoms with Crippen molar-refractivity contribution in [1.29, 1.82) is 0 Å². The van der Waals surface area contributed by atoms with Crippen LogP contribution in [0.1, 0.15) is 18.5 Å². The van der Waals surface area contributed by atoms with Crippen LogP contribution in [0.3, 0.4) is 0 Å². The highest BCUT2D eigenvalue weighted by Crippen LogP contribution is 2.20. The number of likely N-dealkylation sites (N-methyl/N-ethyl adjacent to an activating group) is 2. The molecular formula is C13H20N2O3S. The van der Waals surface area contributed by atoms with E-state index >= 15 is 0 Å². The highest BCUT2D eigenvalue weighted by atomic mass is 32.2. The molecule has 5 nitrogen and oxygen atoms in total. The molecule has 0 radical (unpaired) electrons. The third-order valence-corrected chi connectivity index (χ3v) is 4.25. The van der Waals surface area contributed by atoms with E-state index in [1.54, 1.807) is 31.3 Å². The fraction of sp³-hybridized carbons (Fsp3) is 0.462. The number of rotatable bonds is 5. The zero-order valence-corrected chi connectivity index (χ0v) is 12.5. The minimum Gasteiger partial charge on any atom is -0.358 e. The second-order valence-electron chi connectivity index (χ2n) is 4.61. The maximum absolute atomic E-state index is 11.4. The number of benzene rings is 1. The molecule has 106 valence electrons. The lowest BCUT2D eigenvalue weighted by molar-refractivity contribution is -0.121. The lowest BCUT2D eigenvalue weighted by Crippen LogP contribution is -2.34. The number of nitrogens with one attached hydrogen (secondary N) is 1. The Bertz CT molecular complexity index is 538. The van der Waals surface area contributed by atoms with Crippen molar-refractivity contribution in [1.82, 2.24) is 10.2 Å². The number of amides is 1. The van der Waals surface area contributed by atoms with Gasteiger partial charge in [0.25, 0.3) is 0 Å². The normalized spacial score (nSPS) is 13.3. The Morgan fingerprint density at radius 3 is 2.26 bits per heavy atom. The van der Waals surface area contributed by atoms with E-state index < -0.39 is 9.84 Å². The number of hydrogen-bond acceptors (Lipinski definition) is 4. The van der Waals surface area contributed by atoms with Crippen molar-refractivity contribution < 1.29 is 13.2 Å².